The Bertz CT molecular complexity index is 432. The fraction of sp³-hybridized carbons (Fsp3) is 0.667. The Morgan fingerprint density at radius 2 is 1.95 bits per heavy atom. The molecule has 2 fully saturated rings. The van der Waals surface area contributed by atoms with Gasteiger partial charge < -0.3 is 14.8 Å². The van der Waals surface area contributed by atoms with Crippen LogP contribution in [0.15, 0.2) is 24.3 Å². The summed E-state index contributed by atoms with van der Waals surface area (Å²) >= 11 is 0. The standard InChI is InChI=1S/C18H27NO2/c1-2-20-17-8-6-15(7-9-17)19-16-10-13-21-18(14-16)11-4-3-5-12-18/h6-9,16,19H,2-5,10-14H2,1H3. The Hall–Kier alpha value is -1.22. The predicted octanol–water partition coefficient (Wildman–Crippen LogP) is 4.38. The van der Waals surface area contributed by atoms with Crippen LogP contribution in [0.4, 0.5) is 5.69 Å². The molecule has 1 spiro atoms. The van der Waals surface area contributed by atoms with Gasteiger partial charge in [0.05, 0.1) is 12.2 Å². The van der Waals surface area contributed by atoms with Crippen molar-refractivity contribution in [2.45, 2.75) is 63.5 Å². The Balaban J connectivity index is 1.59. The van der Waals surface area contributed by atoms with Gasteiger partial charge in [-0.3, -0.25) is 0 Å². The van der Waals surface area contributed by atoms with E-state index >= 15 is 0 Å². The zero-order chi connectivity index (χ0) is 14.5. The van der Waals surface area contributed by atoms with Crippen molar-refractivity contribution in [2.24, 2.45) is 0 Å². The molecule has 21 heavy (non-hydrogen) atoms. The molecule has 1 aliphatic carbocycles. The second kappa shape index (κ2) is 6.69. The molecule has 0 bridgehead atoms. The van der Waals surface area contributed by atoms with E-state index in [9.17, 15) is 0 Å². The highest BCUT2D eigenvalue weighted by atomic mass is 16.5. The monoisotopic (exact) mass is 289 g/mol. The molecule has 1 unspecified atom stereocenters. The molecule has 3 rings (SSSR count). The fourth-order valence-corrected chi connectivity index (χ4v) is 3.75. The number of nitrogens with one attached hydrogen (secondary N) is 1. The molecule has 116 valence electrons. The van der Waals surface area contributed by atoms with Gasteiger partial charge in [0.25, 0.3) is 0 Å². The third kappa shape index (κ3) is 3.70. The van der Waals surface area contributed by atoms with Crippen LogP contribution in [0.25, 0.3) is 0 Å². The quantitative estimate of drug-likeness (QED) is 0.892. The van der Waals surface area contributed by atoms with Gasteiger partial charge in [0.1, 0.15) is 5.75 Å². The first kappa shape index (κ1) is 14.7. The van der Waals surface area contributed by atoms with Crippen molar-refractivity contribution in [3.05, 3.63) is 24.3 Å². The SMILES string of the molecule is CCOc1ccc(NC2CCOC3(CCCCC3)C2)cc1. The highest BCUT2D eigenvalue weighted by Crippen LogP contribution is 2.39. The second-order valence-corrected chi connectivity index (χ2v) is 6.38. The van der Waals surface area contributed by atoms with Gasteiger partial charge in [0, 0.05) is 18.3 Å². The second-order valence-electron chi connectivity index (χ2n) is 6.38. The van der Waals surface area contributed by atoms with Crippen LogP contribution in [0, 0.1) is 0 Å². The zero-order valence-corrected chi connectivity index (χ0v) is 13.1. The Kier molecular flexibility index (Phi) is 4.69. The number of ether oxygens (including phenoxy) is 2. The van der Waals surface area contributed by atoms with E-state index in [1.807, 2.05) is 19.1 Å². The molecule has 1 aromatic carbocycles. The number of anilines is 1. The molecule has 3 heteroatoms. The first-order valence-electron chi connectivity index (χ1n) is 8.43. The van der Waals surface area contributed by atoms with Crippen LogP contribution in [0.2, 0.25) is 0 Å². The lowest BCUT2D eigenvalue weighted by molar-refractivity contribution is -0.103. The van der Waals surface area contributed by atoms with Gasteiger partial charge in [0.2, 0.25) is 0 Å². The number of hydrogen-bond acceptors (Lipinski definition) is 3. The van der Waals surface area contributed by atoms with Gasteiger partial charge in [-0.25, -0.2) is 0 Å². The molecule has 1 aromatic rings. The van der Waals surface area contributed by atoms with E-state index < -0.39 is 0 Å². The van der Waals surface area contributed by atoms with Crippen LogP contribution in [-0.4, -0.2) is 24.9 Å². The molecule has 3 nitrogen and oxygen atoms in total. The summed E-state index contributed by atoms with van der Waals surface area (Å²) in [7, 11) is 0. The van der Waals surface area contributed by atoms with Crippen LogP contribution in [0.3, 0.4) is 0 Å². The van der Waals surface area contributed by atoms with Crippen molar-refractivity contribution in [1.29, 1.82) is 0 Å². The molecule has 1 N–H and O–H groups in total. The van der Waals surface area contributed by atoms with Crippen LogP contribution in [0.1, 0.15) is 51.9 Å². The van der Waals surface area contributed by atoms with Crippen molar-refractivity contribution in [3.63, 3.8) is 0 Å². The molecule has 0 radical (unpaired) electrons. The maximum atomic E-state index is 6.17. The van der Waals surface area contributed by atoms with Gasteiger partial charge in [0.15, 0.2) is 0 Å². The molecule has 1 saturated heterocycles. The third-order valence-electron chi connectivity index (χ3n) is 4.79. The van der Waals surface area contributed by atoms with Crippen LogP contribution < -0.4 is 10.1 Å². The van der Waals surface area contributed by atoms with Gasteiger partial charge in [-0.1, -0.05) is 19.3 Å². The number of rotatable bonds is 4. The maximum absolute atomic E-state index is 6.17. The van der Waals surface area contributed by atoms with Crippen LogP contribution in [0.5, 0.6) is 5.75 Å². The highest BCUT2D eigenvalue weighted by molar-refractivity contribution is 5.47. The third-order valence-corrected chi connectivity index (χ3v) is 4.79. The Morgan fingerprint density at radius 3 is 2.67 bits per heavy atom. The largest absolute Gasteiger partial charge is 0.494 e. The Morgan fingerprint density at radius 1 is 1.19 bits per heavy atom. The van der Waals surface area contributed by atoms with Gasteiger partial charge >= 0.3 is 0 Å². The lowest BCUT2D eigenvalue weighted by atomic mass is 9.78. The number of benzene rings is 1. The van der Waals surface area contributed by atoms with E-state index in [-0.39, 0.29) is 5.60 Å². The average Bonchev–Trinajstić information content (AvgIpc) is 2.50. The maximum Gasteiger partial charge on any atom is 0.119 e. The summed E-state index contributed by atoms with van der Waals surface area (Å²) in [5, 5.41) is 3.69. The first-order chi connectivity index (χ1) is 10.3. The van der Waals surface area contributed by atoms with Crippen molar-refractivity contribution in [1.82, 2.24) is 0 Å². The lowest BCUT2D eigenvalue weighted by Crippen LogP contribution is -2.45. The van der Waals surface area contributed by atoms with E-state index in [1.54, 1.807) is 0 Å². The van der Waals surface area contributed by atoms with Crippen molar-refractivity contribution < 1.29 is 9.47 Å². The van der Waals surface area contributed by atoms with Crippen LogP contribution >= 0.6 is 0 Å². The van der Waals surface area contributed by atoms with E-state index in [0.717, 1.165) is 31.8 Å². The lowest BCUT2D eigenvalue weighted by Gasteiger charge is -2.44. The van der Waals surface area contributed by atoms with Gasteiger partial charge in [-0.2, -0.15) is 0 Å². The van der Waals surface area contributed by atoms with Crippen molar-refractivity contribution in [2.75, 3.05) is 18.5 Å². The summed E-state index contributed by atoms with van der Waals surface area (Å²) in [4.78, 5) is 0. The average molecular weight is 289 g/mol. The molecular formula is C18H27NO2. The molecule has 1 saturated carbocycles. The van der Waals surface area contributed by atoms with Gasteiger partial charge in [-0.05, 0) is 56.9 Å². The van der Waals surface area contributed by atoms with Crippen LogP contribution in [-0.2, 0) is 4.74 Å². The van der Waals surface area contributed by atoms with E-state index in [1.165, 1.54) is 37.8 Å². The minimum absolute atomic E-state index is 0.166. The predicted molar refractivity (Wildman–Crippen MR) is 86.0 cm³/mol. The number of hydrogen-bond donors (Lipinski definition) is 1. The van der Waals surface area contributed by atoms with Gasteiger partial charge in [-0.15, -0.1) is 0 Å². The first-order valence-corrected chi connectivity index (χ1v) is 8.43. The summed E-state index contributed by atoms with van der Waals surface area (Å²) in [6.07, 6.45) is 8.78. The molecule has 1 heterocycles. The van der Waals surface area contributed by atoms with E-state index in [2.05, 4.69) is 17.4 Å². The minimum Gasteiger partial charge on any atom is -0.494 e. The minimum atomic E-state index is 0.166. The molecule has 0 amide bonds. The summed E-state index contributed by atoms with van der Waals surface area (Å²) in [6, 6.07) is 8.86. The zero-order valence-electron chi connectivity index (χ0n) is 13.1. The van der Waals surface area contributed by atoms with Crippen molar-refractivity contribution in [3.8, 4) is 5.75 Å². The molecule has 1 aliphatic heterocycles. The topological polar surface area (TPSA) is 30.5 Å². The highest BCUT2D eigenvalue weighted by Gasteiger charge is 2.38. The Labute approximate surface area is 128 Å². The molecular weight excluding hydrogens is 262 g/mol. The van der Waals surface area contributed by atoms with Crippen molar-refractivity contribution >= 4 is 5.69 Å². The molecule has 0 aromatic heterocycles. The molecule has 1 atom stereocenters. The normalized spacial score (nSPS) is 24.7. The van der Waals surface area contributed by atoms with E-state index in [4.69, 9.17) is 9.47 Å². The molecule has 2 aliphatic rings. The van der Waals surface area contributed by atoms with E-state index in [0.29, 0.717) is 6.04 Å². The fourth-order valence-electron chi connectivity index (χ4n) is 3.75. The smallest absolute Gasteiger partial charge is 0.119 e. The summed E-state index contributed by atoms with van der Waals surface area (Å²) in [5.41, 5.74) is 1.36. The summed E-state index contributed by atoms with van der Waals surface area (Å²) in [6.45, 7) is 3.63. The summed E-state index contributed by atoms with van der Waals surface area (Å²) in [5.74, 6) is 0.943. The summed E-state index contributed by atoms with van der Waals surface area (Å²) < 4.78 is 11.7.